The van der Waals surface area contributed by atoms with E-state index in [9.17, 15) is 14.4 Å². The molecule has 0 aliphatic carbocycles. The predicted octanol–water partition coefficient (Wildman–Crippen LogP) is 2.50. The van der Waals surface area contributed by atoms with Gasteiger partial charge in [-0.15, -0.1) is 0 Å². The molecule has 3 aliphatic rings. The Hall–Kier alpha value is -3.75. The van der Waals surface area contributed by atoms with Crippen molar-refractivity contribution in [1.82, 2.24) is 4.90 Å². The van der Waals surface area contributed by atoms with Gasteiger partial charge in [0.05, 0.1) is 11.4 Å². The van der Waals surface area contributed by atoms with E-state index in [1.165, 1.54) is 9.80 Å². The molecule has 3 amide bonds. The SMILES string of the molecule is CN(C)C(=O)c1ccc2c(c1)N(CC(=O)Nc1ccc3c(c1)OCCO3)C(=O)[C@H]1CCCCN21. The normalized spacial score (nSPS) is 18.6. The van der Waals surface area contributed by atoms with Crippen LogP contribution in [-0.2, 0) is 9.59 Å². The van der Waals surface area contributed by atoms with Crippen LogP contribution in [0.15, 0.2) is 36.4 Å². The number of nitrogens with one attached hydrogen (secondary N) is 1. The summed E-state index contributed by atoms with van der Waals surface area (Å²) in [6.07, 6.45) is 2.72. The molecule has 0 bridgehead atoms. The Morgan fingerprint density at radius 1 is 1.03 bits per heavy atom. The van der Waals surface area contributed by atoms with E-state index in [4.69, 9.17) is 9.47 Å². The third-order valence-corrected chi connectivity index (χ3v) is 6.41. The maximum atomic E-state index is 13.5. The number of amides is 3. The summed E-state index contributed by atoms with van der Waals surface area (Å²) in [7, 11) is 3.37. The fraction of sp³-hybridized carbons (Fsp3) is 0.400. The van der Waals surface area contributed by atoms with Gasteiger partial charge in [0.1, 0.15) is 25.8 Å². The maximum absolute atomic E-state index is 13.5. The highest BCUT2D eigenvalue weighted by Crippen LogP contribution is 2.40. The van der Waals surface area contributed by atoms with E-state index in [0.29, 0.717) is 41.7 Å². The molecular weight excluding hydrogens is 436 g/mol. The van der Waals surface area contributed by atoms with Crippen molar-refractivity contribution < 1.29 is 23.9 Å². The van der Waals surface area contributed by atoms with Gasteiger partial charge in [-0.3, -0.25) is 19.3 Å². The topological polar surface area (TPSA) is 91.4 Å². The Labute approximate surface area is 198 Å². The van der Waals surface area contributed by atoms with Gasteiger partial charge >= 0.3 is 0 Å². The summed E-state index contributed by atoms with van der Waals surface area (Å²) in [6.45, 7) is 1.58. The van der Waals surface area contributed by atoms with Crippen LogP contribution in [0.3, 0.4) is 0 Å². The van der Waals surface area contributed by atoms with Crippen LogP contribution in [-0.4, -0.2) is 69.1 Å². The lowest BCUT2D eigenvalue weighted by molar-refractivity contribution is -0.123. The molecule has 0 saturated carbocycles. The van der Waals surface area contributed by atoms with Gasteiger partial charge < -0.3 is 24.6 Å². The number of nitrogens with zero attached hydrogens (tertiary/aromatic N) is 3. The highest BCUT2D eigenvalue weighted by molar-refractivity contribution is 6.11. The summed E-state index contributed by atoms with van der Waals surface area (Å²) in [5.74, 6) is 0.619. The van der Waals surface area contributed by atoms with Crippen molar-refractivity contribution in [1.29, 1.82) is 0 Å². The summed E-state index contributed by atoms with van der Waals surface area (Å²) in [6, 6.07) is 10.3. The van der Waals surface area contributed by atoms with E-state index in [0.717, 1.165) is 31.5 Å². The van der Waals surface area contributed by atoms with Crippen LogP contribution in [0, 0.1) is 0 Å². The molecule has 2 aromatic rings. The standard InChI is InChI=1S/C25H28N4O5/c1-27(2)24(31)16-6-8-18-20(13-16)29(25(32)19-5-3-4-10-28(18)19)15-23(30)26-17-7-9-21-22(14-17)34-12-11-33-21/h6-9,13-14,19H,3-5,10-12,15H2,1-2H3,(H,26,30)/t19-/m1/s1. The number of hydrogen-bond acceptors (Lipinski definition) is 6. The van der Waals surface area contributed by atoms with Crippen LogP contribution in [0.25, 0.3) is 0 Å². The number of benzene rings is 2. The van der Waals surface area contributed by atoms with Crippen molar-refractivity contribution in [3.05, 3.63) is 42.0 Å². The van der Waals surface area contributed by atoms with Crippen LogP contribution in [0.1, 0.15) is 29.6 Å². The lowest BCUT2D eigenvalue weighted by atomic mass is 9.95. The lowest BCUT2D eigenvalue weighted by Gasteiger charge is -2.45. The predicted molar refractivity (Wildman–Crippen MR) is 128 cm³/mol. The molecule has 0 radical (unpaired) electrons. The van der Waals surface area contributed by atoms with Crippen LogP contribution in [0.2, 0.25) is 0 Å². The molecule has 178 valence electrons. The molecule has 5 rings (SSSR count). The second-order valence-corrected chi connectivity index (χ2v) is 8.94. The van der Waals surface area contributed by atoms with Gasteiger partial charge in [-0.05, 0) is 49.6 Å². The average molecular weight is 465 g/mol. The van der Waals surface area contributed by atoms with Gasteiger partial charge in [0.2, 0.25) is 11.8 Å². The third-order valence-electron chi connectivity index (χ3n) is 6.41. The largest absolute Gasteiger partial charge is 0.486 e. The zero-order valence-corrected chi connectivity index (χ0v) is 19.4. The number of hydrogen-bond donors (Lipinski definition) is 1. The Morgan fingerprint density at radius 3 is 2.62 bits per heavy atom. The van der Waals surface area contributed by atoms with Crippen LogP contribution < -0.4 is 24.6 Å². The number of anilines is 3. The van der Waals surface area contributed by atoms with Gasteiger partial charge in [0.15, 0.2) is 11.5 Å². The van der Waals surface area contributed by atoms with Crippen LogP contribution >= 0.6 is 0 Å². The third kappa shape index (κ3) is 4.02. The van der Waals surface area contributed by atoms with Crippen LogP contribution in [0.5, 0.6) is 11.5 Å². The number of ether oxygens (including phenoxy) is 2. The van der Waals surface area contributed by atoms with Crippen LogP contribution in [0.4, 0.5) is 17.1 Å². The van der Waals surface area contributed by atoms with E-state index >= 15 is 0 Å². The van der Waals surface area contributed by atoms with Crippen molar-refractivity contribution in [2.24, 2.45) is 0 Å². The van der Waals surface area contributed by atoms with Gasteiger partial charge in [-0.1, -0.05) is 0 Å². The van der Waals surface area contributed by atoms with Gasteiger partial charge in [-0.25, -0.2) is 0 Å². The van der Waals surface area contributed by atoms with Crippen molar-refractivity contribution in [2.45, 2.75) is 25.3 Å². The van der Waals surface area contributed by atoms with E-state index in [-0.39, 0.29) is 30.3 Å². The first-order chi connectivity index (χ1) is 16.4. The molecule has 3 aliphatic heterocycles. The lowest BCUT2D eigenvalue weighted by Crippen LogP contribution is -2.56. The molecular formula is C25H28N4O5. The minimum Gasteiger partial charge on any atom is -0.486 e. The van der Waals surface area contributed by atoms with E-state index < -0.39 is 0 Å². The number of fused-ring (bicyclic) bond motifs is 4. The quantitative estimate of drug-likeness (QED) is 0.748. The Kier molecular flexibility index (Phi) is 5.77. The fourth-order valence-electron chi connectivity index (χ4n) is 4.78. The minimum atomic E-state index is -0.329. The van der Waals surface area contributed by atoms with Crippen molar-refractivity contribution in [3.8, 4) is 11.5 Å². The Bertz CT molecular complexity index is 1150. The summed E-state index contributed by atoms with van der Waals surface area (Å²) in [5.41, 5.74) is 2.51. The molecule has 1 N–H and O–H groups in total. The van der Waals surface area contributed by atoms with Gasteiger partial charge in [0, 0.05) is 38.0 Å². The molecule has 0 aromatic heterocycles. The van der Waals surface area contributed by atoms with E-state index in [1.807, 2.05) is 6.07 Å². The first-order valence-corrected chi connectivity index (χ1v) is 11.6. The molecule has 2 aromatic carbocycles. The minimum absolute atomic E-state index is 0.112. The summed E-state index contributed by atoms with van der Waals surface area (Å²) >= 11 is 0. The number of carbonyl (C=O) groups excluding carboxylic acids is 3. The first kappa shape index (κ1) is 22.1. The van der Waals surface area contributed by atoms with Gasteiger partial charge in [-0.2, -0.15) is 0 Å². The van der Waals surface area contributed by atoms with E-state index in [1.54, 1.807) is 44.4 Å². The molecule has 34 heavy (non-hydrogen) atoms. The molecule has 1 fully saturated rings. The Morgan fingerprint density at radius 2 is 1.82 bits per heavy atom. The van der Waals surface area contributed by atoms with Crippen molar-refractivity contribution in [3.63, 3.8) is 0 Å². The maximum Gasteiger partial charge on any atom is 0.253 e. The zero-order valence-electron chi connectivity index (χ0n) is 19.4. The highest BCUT2D eigenvalue weighted by Gasteiger charge is 2.40. The van der Waals surface area contributed by atoms with Crippen molar-refractivity contribution >= 4 is 34.8 Å². The fourth-order valence-corrected chi connectivity index (χ4v) is 4.78. The van der Waals surface area contributed by atoms with Crippen molar-refractivity contribution in [2.75, 3.05) is 55.5 Å². The molecule has 0 spiro atoms. The number of rotatable bonds is 4. The number of piperidine rings is 1. The Balaban J connectivity index is 1.43. The monoisotopic (exact) mass is 464 g/mol. The van der Waals surface area contributed by atoms with E-state index in [2.05, 4.69) is 10.2 Å². The average Bonchev–Trinajstić information content (AvgIpc) is 2.85. The first-order valence-electron chi connectivity index (χ1n) is 11.6. The molecule has 0 unspecified atom stereocenters. The molecule has 9 heteroatoms. The second kappa shape index (κ2) is 8.89. The smallest absolute Gasteiger partial charge is 0.253 e. The highest BCUT2D eigenvalue weighted by atomic mass is 16.6. The molecule has 1 saturated heterocycles. The molecule has 1 atom stereocenters. The summed E-state index contributed by atoms with van der Waals surface area (Å²) < 4.78 is 11.1. The summed E-state index contributed by atoms with van der Waals surface area (Å²) in [4.78, 5) is 44.2. The van der Waals surface area contributed by atoms with Gasteiger partial charge in [0.25, 0.3) is 5.91 Å². The number of carbonyl (C=O) groups is 3. The molecule has 9 nitrogen and oxygen atoms in total. The molecule has 3 heterocycles. The zero-order chi connectivity index (χ0) is 23.8. The summed E-state index contributed by atoms with van der Waals surface area (Å²) in [5, 5.41) is 2.86. The second-order valence-electron chi connectivity index (χ2n) is 8.94.